The number of ether oxygens (including phenoxy) is 1. The van der Waals surface area contributed by atoms with Gasteiger partial charge in [0.2, 0.25) is 5.88 Å². The van der Waals surface area contributed by atoms with E-state index in [1.54, 1.807) is 6.07 Å². The molecule has 0 N–H and O–H groups in total. The van der Waals surface area contributed by atoms with Crippen molar-refractivity contribution in [1.29, 1.82) is 0 Å². The van der Waals surface area contributed by atoms with Crippen molar-refractivity contribution >= 4 is 11.7 Å². The molecule has 8 heteroatoms. The number of aromatic nitrogens is 2. The molecule has 2 aromatic carbocycles. The summed E-state index contributed by atoms with van der Waals surface area (Å²) in [6.45, 7) is 5.84. The molecule has 1 saturated heterocycles. The van der Waals surface area contributed by atoms with Crippen LogP contribution in [0.1, 0.15) is 29.8 Å². The van der Waals surface area contributed by atoms with Gasteiger partial charge in [-0.3, -0.25) is 4.79 Å². The summed E-state index contributed by atoms with van der Waals surface area (Å²) >= 11 is 0. The van der Waals surface area contributed by atoms with Gasteiger partial charge in [-0.05, 0) is 43.2 Å². The summed E-state index contributed by atoms with van der Waals surface area (Å²) in [6.07, 6.45) is 2.30. The number of hydrogen-bond acceptors (Lipinski definition) is 5. The van der Waals surface area contributed by atoms with E-state index in [4.69, 9.17) is 4.74 Å². The van der Waals surface area contributed by atoms with E-state index >= 15 is 0 Å². The molecule has 1 aliphatic heterocycles. The van der Waals surface area contributed by atoms with Crippen LogP contribution in [0.2, 0.25) is 0 Å². The van der Waals surface area contributed by atoms with Crippen molar-refractivity contribution in [1.82, 2.24) is 14.9 Å². The predicted octanol–water partition coefficient (Wildman–Crippen LogP) is 4.46. The molecule has 2 heterocycles. The van der Waals surface area contributed by atoms with Crippen molar-refractivity contribution in [3.8, 4) is 11.6 Å². The smallest absolute Gasteiger partial charge is 0.254 e. The van der Waals surface area contributed by atoms with Gasteiger partial charge in [0.1, 0.15) is 17.9 Å². The number of nitrogens with zero attached hydrogens (tertiary/aromatic N) is 4. The summed E-state index contributed by atoms with van der Waals surface area (Å²) in [6, 6.07) is 12.7. The molecule has 166 valence electrons. The van der Waals surface area contributed by atoms with E-state index in [9.17, 15) is 13.6 Å². The van der Waals surface area contributed by atoms with Gasteiger partial charge >= 0.3 is 0 Å². The zero-order valence-electron chi connectivity index (χ0n) is 18.0. The molecule has 0 bridgehead atoms. The van der Waals surface area contributed by atoms with Gasteiger partial charge in [-0.15, -0.1) is 0 Å². The number of aryl methyl sites for hydroxylation is 1. The summed E-state index contributed by atoms with van der Waals surface area (Å²) in [5.74, 6) is -0.901. The van der Waals surface area contributed by atoms with Gasteiger partial charge in [0.25, 0.3) is 5.91 Å². The molecular formula is C24H24F2N4O2. The Balaban J connectivity index is 1.43. The van der Waals surface area contributed by atoms with E-state index in [1.165, 1.54) is 18.0 Å². The molecule has 1 amide bonds. The lowest BCUT2D eigenvalue weighted by molar-refractivity contribution is 0.0673. The van der Waals surface area contributed by atoms with Crippen LogP contribution in [0.4, 0.5) is 14.6 Å². The molecule has 3 aromatic rings. The minimum absolute atomic E-state index is 0.0184. The number of carbonyl (C=O) groups excluding carboxylic acids is 1. The molecule has 1 fully saturated rings. The van der Waals surface area contributed by atoms with Crippen molar-refractivity contribution in [3.05, 3.63) is 77.6 Å². The number of benzene rings is 2. The summed E-state index contributed by atoms with van der Waals surface area (Å²) in [5.41, 5.74) is 1.89. The van der Waals surface area contributed by atoms with Crippen LogP contribution in [0.25, 0.3) is 0 Å². The highest BCUT2D eigenvalue weighted by Crippen LogP contribution is 2.25. The third-order valence-corrected chi connectivity index (χ3v) is 5.56. The minimum Gasteiger partial charge on any atom is -0.439 e. The number of halogens is 2. The van der Waals surface area contributed by atoms with Crippen LogP contribution < -0.4 is 9.64 Å². The van der Waals surface area contributed by atoms with Crippen LogP contribution in [-0.4, -0.2) is 46.5 Å². The van der Waals surface area contributed by atoms with E-state index in [2.05, 4.69) is 21.8 Å². The summed E-state index contributed by atoms with van der Waals surface area (Å²) in [5, 5.41) is 0. The van der Waals surface area contributed by atoms with Crippen LogP contribution >= 0.6 is 0 Å². The summed E-state index contributed by atoms with van der Waals surface area (Å²) < 4.78 is 32.1. The number of hydrogen-bond donors (Lipinski definition) is 0. The Morgan fingerprint density at radius 3 is 2.53 bits per heavy atom. The first-order valence-corrected chi connectivity index (χ1v) is 10.5. The highest BCUT2D eigenvalue weighted by molar-refractivity contribution is 5.94. The third-order valence-electron chi connectivity index (χ3n) is 5.56. The highest BCUT2D eigenvalue weighted by atomic mass is 19.2. The van der Waals surface area contributed by atoms with Crippen molar-refractivity contribution in [2.45, 2.75) is 26.3 Å². The fourth-order valence-electron chi connectivity index (χ4n) is 3.74. The Hall–Kier alpha value is -3.55. The lowest BCUT2D eigenvalue weighted by Crippen LogP contribution is -2.54. The number of anilines is 1. The van der Waals surface area contributed by atoms with Crippen molar-refractivity contribution in [2.75, 3.05) is 24.5 Å². The molecule has 0 spiro atoms. The molecule has 1 aromatic heterocycles. The van der Waals surface area contributed by atoms with Gasteiger partial charge in [-0.1, -0.05) is 19.1 Å². The van der Waals surface area contributed by atoms with Gasteiger partial charge in [0, 0.05) is 43.4 Å². The molecule has 1 aliphatic rings. The normalized spacial score (nSPS) is 16.2. The monoisotopic (exact) mass is 438 g/mol. The van der Waals surface area contributed by atoms with Crippen LogP contribution in [0.15, 0.2) is 54.9 Å². The zero-order valence-corrected chi connectivity index (χ0v) is 18.0. The second-order valence-corrected chi connectivity index (χ2v) is 7.74. The molecule has 0 aliphatic carbocycles. The Morgan fingerprint density at radius 1 is 1.06 bits per heavy atom. The van der Waals surface area contributed by atoms with Crippen LogP contribution in [0, 0.1) is 11.6 Å². The lowest BCUT2D eigenvalue weighted by Gasteiger charge is -2.40. The average molecular weight is 438 g/mol. The number of piperazine rings is 1. The minimum atomic E-state index is -0.990. The van der Waals surface area contributed by atoms with Gasteiger partial charge < -0.3 is 14.5 Å². The van der Waals surface area contributed by atoms with Gasteiger partial charge in [0.05, 0.1) is 0 Å². The maximum Gasteiger partial charge on any atom is 0.254 e. The molecule has 0 saturated carbocycles. The number of carbonyl (C=O) groups is 1. The first-order valence-electron chi connectivity index (χ1n) is 10.5. The topological polar surface area (TPSA) is 58.6 Å². The average Bonchev–Trinajstić information content (AvgIpc) is 2.81. The predicted molar refractivity (Wildman–Crippen MR) is 117 cm³/mol. The summed E-state index contributed by atoms with van der Waals surface area (Å²) in [7, 11) is 0. The maximum atomic E-state index is 13.4. The quantitative estimate of drug-likeness (QED) is 0.589. The Labute approximate surface area is 185 Å². The fraction of sp³-hybridized carbons (Fsp3) is 0.292. The van der Waals surface area contributed by atoms with E-state index in [-0.39, 0.29) is 23.6 Å². The van der Waals surface area contributed by atoms with E-state index < -0.39 is 11.6 Å². The third kappa shape index (κ3) is 4.69. The Morgan fingerprint density at radius 2 is 1.84 bits per heavy atom. The van der Waals surface area contributed by atoms with Crippen LogP contribution in [0.5, 0.6) is 11.6 Å². The Bertz CT molecular complexity index is 1110. The van der Waals surface area contributed by atoms with E-state index in [0.29, 0.717) is 31.0 Å². The van der Waals surface area contributed by atoms with Crippen LogP contribution in [-0.2, 0) is 6.42 Å². The fourth-order valence-corrected chi connectivity index (χ4v) is 3.74. The molecule has 0 radical (unpaired) electrons. The first-order chi connectivity index (χ1) is 15.4. The summed E-state index contributed by atoms with van der Waals surface area (Å²) in [4.78, 5) is 25.3. The second-order valence-electron chi connectivity index (χ2n) is 7.74. The van der Waals surface area contributed by atoms with Crippen molar-refractivity contribution in [3.63, 3.8) is 0 Å². The van der Waals surface area contributed by atoms with Gasteiger partial charge in [-0.2, -0.15) is 0 Å². The van der Waals surface area contributed by atoms with E-state index in [1.807, 2.05) is 36.1 Å². The SMILES string of the molecule is CCc1ccc(C(=O)N2CCN(c3cc(Oc4ccc(F)c(F)c4)ncn3)CC2C)cc1. The lowest BCUT2D eigenvalue weighted by atomic mass is 10.1. The Kier molecular flexibility index (Phi) is 6.30. The van der Waals surface area contributed by atoms with Crippen molar-refractivity contribution < 1.29 is 18.3 Å². The van der Waals surface area contributed by atoms with E-state index in [0.717, 1.165) is 18.6 Å². The molecule has 6 nitrogen and oxygen atoms in total. The second kappa shape index (κ2) is 9.30. The molecule has 1 unspecified atom stereocenters. The zero-order chi connectivity index (χ0) is 22.7. The van der Waals surface area contributed by atoms with Crippen molar-refractivity contribution in [2.24, 2.45) is 0 Å². The molecule has 4 rings (SSSR count). The standard InChI is InChI=1S/C24H24F2N4O2/c1-3-17-4-6-18(7-5-17)24(31)30-11-10-29(14-16(30)2)22-13-23(28-15-27-22)32-19-8-9-20(25)21(26)12-19/h4-9,12-13,15-16H,3,10-11,14H2,1-2H3. The first kappa shape index (κ1) is 21.7. The van der Waals surface area contributed by atoms with Crippen LogP contribution in [0.3, 0.4) is 0 Å². The highest BCUT2D eigenvalue weighted by Gasteiger charge is 2.29. The molecular weight excluding hydrogens is 414 g/mol. The molecule has 1 atom stereocenters. The van der Waals surface area contributed by atoms with Gasteiger partial charge in [0.15, 0.2) is 11.6 Å². The maximum absolute atomic E-state index is 13.4. The largest absolute Gasteiger partial charge is 0.439 e. The van der Waals surface area contributed by atoms with Gasteiger partial charge in [-0.25, -0.2) is 18.7 Å². The molecule has 32 heavy (non-hydrogen) atoms. The number of amides is 1. The number of rotatable bonds is 5.